The number of hydrogen-bond donors (Lipinski definition) is 1. The number of Topliss-reactive ketones (excluding diaryl/α,β-unsaturated/α-hetero) is 1. The Morgan fingerprint density at radius 2 is 1.62 bits per heavy atom. The van der Waals surface area contributed by atoms with Gasteiger partial charge in [-0.05, 0) is 48.7 Å². The van der Waals surface area contributed by atoms with E-state index in [1.165, 1.54) is 6.42 Å². The standard InChI is InChI=1S/C23H23NO2.C3H8.H2/c1-16-7-5-10-19(15-16)23(26)24-22(14-13-17(2)25)21-12-6-9-18-8-3-4-11-20(18)21;1-3-2;/h3-12,15,22H,13-14H2,1-2H3,(H,24,26);3H2,1-2H3;1H/t22-;;/m1../s1. The number of carbonyl (C=O) groups excluding carboxylic acids is 2. The van der Waals surface area contributed by atoms with Gasteiger partial charge in [0.1, 0.15) is 5.78 Å². The van der Waals surface area contributed by atoms with Crippen molar-refractivity contribution in [2.45, 2.75) is 53.0 Å². The second-order valence-electron chi connectivity index (χ2n) is 7.41. The van der Waals surface area contributed by atoms with E-state index >= 15 is 0 Å². The number of amides is 1. The van der Waals surface area contributed by atoms with Crippen molar-refractivity contribution < 1.29 is 11.0 Å². The Balaban J connectivity index is 0.00000106. The topological polar surface area (TPSA) is 46.2 Å². The zero-order valence-electron chi connectivity index (χ0n) is 17.9. The third-order valence-corrected chi connectivity index (χ3v) is 4.57. The lowest BCUT2D eigenvalue weighted by Gasteiger charge is -2.21. The van der Waals surface area contributed by atoms with Gasteiger partial charge in [0.15, 0.2) is 0 Å². The van der Waals surface area contributed by atoms with Gasteiger partial charge in [-0.3, -0.25) is 4.79 Å². The molecule has 0 saturated carbocycles. The summed E-state index contributed by atoms with van der Waals surface area (Å²) in [6, 6.07) is 21.5. The Bertz CT molecular complexity index is 963. The summed E-state index contributed by atoms with van der Waals surface area (Å²) >= 11 is 0. The number of rotatable bonds is 6. The summed E-state index contributed by atoms with van der Waals surface area (Å²) in [5.41, 5.74) is 2.73. The molecule has 0 aliphatic rings. The van der Waals surface area contributed by atoms with Gasteiger partial charge in [0, 0.05) is 13.4 Å². The van der Waals surface area contributed by atoms with Crippen molar-refractivity contribution in [3.8, 4) is 0 Å². The molecule has 0 radical (unpaired) electrons. The largest absolute Gasteiger partial charge is 0.345 e. The molecule has 0 aliphatic carbocycles. The van der Waals surface area contributed by atoms with Crippen molar-refractivity contribution >= 4 is 22.5 Å². The van der Waals surface area contributed by atoms with Crippen LogP contribution in [0, 0.1) is 6.92 Å². The normalized spacial score (nSPS) is 11.3. The fourth-order valence-corrected chi connectivity index (χ4v) is 3.24. The van der Waals surface area contributed by atoms with Gasteiger partial charge in [0.05, 0.1) is 6.04 Å². The number of benzene rings is 3. The molecule has 29 heavy (non-hydrogen) atoms. The van der Waals surface area contributed by atoms with Gasteiger partial charge in [-0.25, -0.2) is 0 Å². The maximum absolute atomic E-state index is 12.8. The molecule has 3 aromatic rings. The first-order chi connectivity index (χ1) is 14.0. The number of ketones is 1. The lowest BCUT2D eigenvalue weighted by molar-refractivity contribution is -0.117. The minimum Gasteiger partial charge on any atom is -0.345 e. The van der Waals surface area contributed by atoms with Gasteiger partial charge >= 0.3 is 0 Å². The van der Waals surface area contributed by atoms with Crippen LogP contribution in [-0.4, -0.2) is 11.7 Å². The predicted octanol–water partition coefficient (Wildman–Crippen LogP) is 6.65. The number of carbonyl (C=O) groups is 2. The van der Waals surface area contributed by atoms with E-state index in [0.717, 1.165) is 21.9 Å². The van der Waals surface area contributed by atoms with Crippen LogP contribution in [0.4, 0.5) is 0 Å². The zero-order chi connectivity index (χ0) is 21.2. The van der Waals surface area contributed by atoms with Crippen LogP contribution in [-0.2, 0) is 4.79 Å². The summed E-state index contributed by atoms with van der Waals surface area (Å²) in [5, 5.41) is 5.37. The first-order valence-electron chi connectivity index (χ1n) is 10.3. The molecule has 1 N–H and O–H groups in total. The number of nitrogens with one attached hydrogen (secondary N) is 1. The fourth-order valence-electron chi connectivity index (χ4n) is 3.24. The van der Waals surface area contributed by atoms with Crippen LogP contribution in [0.15, 0.2) is 66.7 Å². The summed E-state index contributed by atoms with van der Waals surface area (Å²) in [6.45, 7) is 7.80. The molecule has 0 bridgehead atoms. The first-order valence-corrected chi connectivity index (χ1v) is 10.3. The van der Waals surface area contributed by atoms with Crippen molar-refractivity contribution in [3.63, 3.8) is 0 Å². The van der Waals surface area contributed by atoms with Crippen molar-refractivity contribution in [3.05, 3.63) is 83.4 Å². The summed E-state index contributed by atoms with van der Waals surface area (Å²) in [7, 11) is 0. The fraction of sp³-hybridized carbons (Fsp3) is 0.308. The Morgan fingerprint density at radius 1 is 0.966 bits per heavy atom. The highest BCUT2D eigenvalue weighted by atomic mass is 16.1. The van der Waals surface area contributed by atoms with Gasteiger partial charge in [0.2, 0.25) is 0 Å². The molecule has 0 heterocycles. The molecule has 1 atom stereocenters. The number of aryl methyl sites for hydroxylation is 1. The van der Waals surface area contributed by atoms with Crippen LogP contribution in [0.3, 0.4) is 0 Å². The van der Waals surface area contributed by atoms with Gasteiger partial charge < -0.3 is 10.1 Å². The molecule has 0 unspecified atom stereocenters. The minimum absolute atomic E-state index is 0. The molecular weight excluding hydrogens is 358 g/mol. The highest BCUT2D eigenvalue weighted by molar-refractivity contribution is 5.95. The van der Waals surface area contributed by atoms with Crippen molar-refractivity contribution in [2.24, 2.45) is 0 Å². The summed E-state index contributed by atoms with van der Waals surface area (Å²) < 4.78 is 0. The van der Waals surface area contributed by atoms with Crippen LogP contribution < -0.4 is 5.32 Å². The quantitative estimate of drug-likeness (QED) is 0.511. The SMILES string of the molecule is CC(=O)CC[C@@H](NC(=O)c1cccc(C)c1)c1cccc2ccccc12.CCC.[HH]. The van der Waals surface area contributed by atoms with Gasteiger partial charge in [-0.1, -0.05) is 80.4 Å². The van der Waals surface area contributed by atoms with Gasteiger partial charge in [-0.2, -0.15) is 0 Å². The van der Waals surface area contributed by atoms with Gasteiger partial charge in [-0.15, -0.1) is 0 Å². The second-order valence-corrected chi connectivity index (χ2v) is 7.41. The minimum atomic E-state index is -0.210. The highest BCUT2D eigenvalue weighted by Gasteiger charge is 2.18. The van der Waals surface area contributed by atoms with E-state index < -0.39 is 0 Å². The maximum atomic E-state index is 12.8. The van der Waals surface area contributed by atoms with Crippen molar-refractivity contribution in [2.75, 3.05) is 0 Å². The third kappa shape index (κ3) is 6.56. The molecule has 3 nitrogen and oxygen atoms in total. The second kappa shape index (κ2) is 11.2. The molecule has 1 amide bonds. The average molecular weight is 392 g/mol. The van der Waals surface area contributed by atoms with E-state index in [1.54, 1.807) is 6.92 Å². The molecule has 3 rings (SSSR count). The number of fused-ring (bicyclic) bond motifs is 1. The molecule has 0 aliphatic heterocycles. The molecule has 3 aromatic carbocycles. The lowest BCUT2D eigenvalue weighted by atomic mass is 9.94. The Hall–Kier alpha value is -2.94. The van der Waals surface area contributed by atoms with Crippen LogP contribution >= 0.6 is 0 Å². The third-order valence-electron chi connectivity index (χ3n) is 4.57. The highest BCUT2D eigenvalue weighted by Crippen LogP contribution is 2.27. The molecule has 0 aromatic heterocycles. The predicted molar refractivity (Wildman–Crippen MR) is 123 cm³/mol. The zero-order valence-corrected chi connectivity index (χ0v) is 17.9. The van der Waals surface area contributed by atoms with E-state index in [1.807, 2.05) is 55.5 Å². The van der Waals surface area contributed by atoms with Crippen LogP contribution in [0.5, 0.6) is 0 Å². The van der Waals surface area contributed by atoms with E-state index in [-0.39, 0.29) is 19.2 Å². The smallest absolute Gasteiger partial charge is 0.251 e. The Kier molecular flexibility index (Phi) is 8.60. The summed E-state index contributed by atoms with van der Waals surface area (Å²) in [4.78, 5) is 24.3. The van der Waals surface area contributed by atoms with E-state index in [2.05, 4.69) is 37.4 Å². The molecule has 0 spiro atoms. The van der Waals surface area contributed by atoms with E-state index in [4.69, 9.17) is 0 Å². The average Bonchev–Trinajstić information content (AvgIpc) is 2.71. The first kappa shape index (κ1) is 22.4. The monoisotopic (exact) mass is 391 g/mol. The van der Waals surface area contributed by atoms with E-state index in [0.29, 0.717) is 18.4 Å². The Morgan fingerprint density at radius 3 is 2.31 bits per heavy atom. The Labute approximate surface area is 175 Å². The summed E-state index contributed by atoms with van der Waals surface area (Å²) in [6.07, 6.45) is 2.27. The van der Waals surface area contributed by atoms with Crippen molar-refractivity contribution in [1.29, 1.82) is 0 Å². The van der Waals surface area contributed by atoms with Gasteiger partial charge in [0.25, 0.3) is 5.91 Å². The molecule has 3 heteroatoms. The van der Waals surface area contributed by atoms with E-state index in [9.17, 15) is 9.59 Å². The van der Waals surface area contributed by atoms with Crippen LogP contribution in [0.1, 0.15) is 69.0 Å². The molecule has 0 fully saturated rings. The molecular formula is C26H33NO2. The lowest BCUT2D eigenvalue weighted by Crippen LogP contribution is -2.29. The molecule has 0 saturated heterocycles. The van der Waals surface area contributed by atoms with Crippen LogP contribution in [0.25, 0.3) is 10.8 Å². The summed E-state index contributed by atoms with van der Waals surface area (Å²) in [5.74, 6) is 0.00947. The van der Waals surface area contributed by atoms with Crippen LogP contribution in [0.2, 0.25) is 0 Å². The van der Waals surface area contributed by atoms with Crippen molar-refractivity contribution in [1.82, 2.24) is 5.32 Å². The number of hydrogen-bond acceptors (Lipinski definition) is 2. The molecule has 154 valence electrons. The maximum Gasteiger partial charge on any atom is 0.251 e.